The zero-order chi connectivity index (χ0) is 22.5. The maximum absolute atomic E-state index is 12.4. The highest BCUT2D eigenvalue weighted by molar-refractivity contribution is 6.37. The lowest BCUT2D eigenvalue weighted by molar-refractivity contribution is -0.118. The Morgan fingerprint density at radius 2 is 1.44 bits per heavy atom. The molecule has 0 radical (unpaired) electrons. The van der Waals surface area contributed by atoms with Gasteiger partial charge in [-0.05, 0) is 65.4 Å². The molecule has 0 fully saturated rings. The topological polar surface area (TPSA) is 67.4 Å². The van der Waals surface area contributed by atoms with Gasteiger partial charge in [-0.25, -0.2) is 0 Å². The Kier molecular flexibility index (Phi) is 6.59. The Bertz CT molecular complexity index is 1290. The second kappa shape index (κ2) is 9.73. The molecule has 7 heteroatoms. The summed E-state index contributed by atoms with van der Waals surface area (Å²) in [6.07, 6.45) is 0. The molecule has 0 aromatic heterocycles. The molecule has 0 aliphatic heterocycles. The number of halogens is 2. The Hall–Kier alpha value is -3.54. The molecule has 0 aliphatic carbocycles. The van der Waals surface area contributed by atoms with Gasteiger partial charge >= 0.3 is 0 Å². The van der Waals surface area contributed by atoms with Gasteiger partial charge in [0.25, 0.3) is 11.8 Å². The van der Waals surface area contributed by atoms with Crippen molar-refractivity contribution >= 4 is 57.2 Å². The Labute approximate surface area is 194 Å². The van der Waals surface area contributed by atoms with E-state index in [0.29, 0.717) is 27.7 Å². The van der Waals surface area contributed by atoms with Crippen LogP contribution >= 0.6 is 23.2 Å². The van der Waals surface area contributed by atoms with E-state index in [1.807, 2.05) is 42.5 Å². The molecule has 32 heavy (non-hydrogen) atoms. The van der Waals surface area contributed by atoms with Crippen molar-refractivity contribution in [3.05, 3.63) is 101 Å². The van der Waals surface area contributed by atoms with Gasteiger partial charge in [0, 0.05) is 16.4 Å². The minimum atomic E-state index is -0.354. The highest BCUT2D eigenvalue weighted by Gasteiger charge is 2.11. The fourth-order valence-corrected chi connectivity index (χ4v) is 3.61. The minimum absolute atomic E-state index is 0.119. The van der Waals surface area contributed by atoms with Crippen LogP contribution in [0.1, 0.15) is 10.4 Å². The van der Waals surface area contributed by atoms with Gasteiger partial charge in [0.05, 0.1) is 10.6 Å². The molecular formula is C25H18Cl2N2O3. The van der Waals surface area contributed by atoms with Crippen molar-refractivity contribution in [3.63, 3.8) is 0 Å². The van der Waals surface area contributed by atoms with Crippen molar-refractivity contribution < 1.29 is 14.3 Å². The molecule has 0 heterocycles. The number of hydrogen-bond donors (Lipinski definition) is 2. The number of anilines is 2. The summed E-state index contributed by atoms with van der Waals surface area (Å²) in [6, 6.07) is 25.0. The van der Waals surface area contributed by atoms with Crippen molar-refractivity contribution in [2.75, 3.05) is 17.2 Å². The molecule has 0 unspecified atom stereocenters. The largest absolute Gasteiger partial charge is 0.484 e. The quantitative estimate of drug-likeness (QED) is 0.346. The van der Waals surface area contributed by atoms with E-state index in [1.165, 1.54) is 6.07 Å². The van der Waals surface area contributed by atoms with Gasteiger partial charge in [0.15, 0.2) is 6.61 Å². The summed E-state index contributed by atoms with van der Waals surface area (Å²) in [5.41, 5.74) is 1.46. The van der Waals surface area contributed by atoms with E-state index in [4.69, 9.17) is 27.9 Å². The summed E-state index contributed by atoms with van der Waals surface area (Å²) < 4.78 is 5.60. The number of nitrogens with one attached hydrogen (secondary N) is 2. The van der Waals surface area contributed by atoms with E-state index < -0.39 is 0 Å². The Morgan fingerprint density at radius 3 is 2.16 bits per heavy atom. The van der Waals surface area contributed by atoms with Crippen molar-refractivity contribution in [2.45, 2.75) is 0 Å². The van der Waals surface area contributed by atoms with Crippen LogP contribution in [0.3, 0.4) is 0 Å². The predicted molar refractivity (Wildman–Crippen MR) is 129 cm³/mol. The molecule has 0 bridgehead atoms. The van der Waals surface area contributed by atoms with Gasteiger partial charge in [-0.15, -0.1) is 0 Å². The zero-order valence-electron chi connectivity index (χ0n) is 16.8. The molecule has 4 aromatic rings. The molecule has 0 spiro atoms. The summed E-state index contributed by atoms with van der Waals surface area (Å²) >= 11 is 11.9. The maximum Gasteiger partial charge on any atom is 0.262 e. The number of carbonyl (C=O) groups is 2. The number of amides is 2. The van der Waals surface area contributed by atoms with E-state index in [0.717, 1.165) is 10.8 Å². The van der Waals surface area contributed by atoms with Crippen LogP contribution < -0.4 is 15.4 Å². The Morgan fingerprint density at radius 1 is 0.750 bits per heavy atom. The average molecular weight is 465 g/mol. The molecule has 0 aliphatic rings. The van der Waals surface area contributed by atoms with Gasteiger partial charge < -0.3 is 15.4 Å². The van der Waals surface area contributed by atoms with Crippen LogP contribution in [-0.4, -0.2) is 18.4 Å². The highest BCUT2D eigenvalue weighted by atomic mass is 35.5. The number of fused-ring (bicyclic) bond motifs is 1. The fraction of sp³-hybridized carbons (Fsp3) is 0.0400. The van der Waals surface area contributed by atoms with Gasteiger partial charge in [0.1, 0.15) is 5.75 Å². The SMILES string of the molecule is O=C(COc1ccc2ccccc2c1)Nc1ccc(NC(=O)c2ccc(Cl)cc2Cl)cc1. The number of hydrogen-bond acceptors (Lipinski definition) is 3. The van der Waals surface area contributed by atoms with Gasteiger partial charge in [-0.2, -0.15) is 0 Å². The normalized spacial score (nSPS) is 10.6. The highest BCUT2D eigenvalue weighted by Crippen LogP contribution is 2.23. The number of carbonyl (C=O) groups excluding carboxylic acids is 2. The van der Waals surface area contributed by atoms with Gasteiger partial charge in [-0.3, -0.25) is 9.59 Å². The number of benzene rings is 4. The molecule has 0 atom stereocenters. The van der Waals surface area contributed by atoms with Crippen LogP contribution in [0.25, 0.3) is 10.8 Å². The molecule has 4 rings (SSSR count). The first kappa shape index (κ1) is 21.7. The van der Waals surface area contributed by atoms with Gasteiger partial charge in [-0.1, -0.05) is 53.5 Å². The molecule has 160 valence electrons. The van der Waals surface area contributed by atoms with Crippen LogP contribution in [0.4, 0.5) is 11.4 Å². The predicted octanol–water partition coefficient (Wildman–Crippen LogP) is 6.42. The van der Waals surface area contributed by atoms with E-state index in [9.17, 15) is 9.59 Å². The number of rotatable bonds is 6. The van der Waals surface area contributed by atoms with Crippen molar-refractivity contribution in [2.24, 2.45) is 0 Å². The third-order valence-corrected chi connectivity index (χ3v) is 5.24. The second-order valence-electron chi connectivity index (χ2n) is 7.00. The van der Waals surface area contributed by atoms with Crippen LogP contribution in [-0.2, 0) is 4.79 Å². The summed E-state index contributed by atoms with van der Waals surface area (Å²) in [6.45, 7) is -0.119. The smallest absolute Gasteiger partial charge is 0.262 e. The summed E-state index contributed by atoms with van der Waals surface area (Å²) in [4.78, 5) is 24.6. The average Bonchev–Trinajstić information content (AvgIpc) is 2.79. The summed E-state index contributed by atoms with van der Waals surface area (Å²) in [7, 11) is 0. The fourth-order valence-electron chi connectivity index (χ4n) is 3.11. The monoisotopic (exact) mass is 464 g/mol. The first-order chi connectivity index (χ1) is 15.5. The van der Waals surface area contributed by atoms with Gasteiger partial charge in [0.2, 0.25) is 0 Å². The molecule has 2 amide bonds. The lowest BCUT2D eigenvalue weighted by atomic mass is 10.1. The van der Waals surface area contributed by atoms with Crippen LogP contribution in [0.5, 0.6) is 5.75 Å². The van der Waals surface area contributed by atoms with Crippen LogP contribution in [0, 0.1) is 0 Å². The van der Waals surface area contributed by atoms with E-state index in [-0.39, 0.29) is 23.4 Å². The lowest BCUT2D eigenvalue weighted by Crippen LogP contribution is -2.20. The molecule has 5 nitrogen and oxygen atoms in total. The standard InChI is InChI=1S/C25H18Cl2N2O3/c26-18-6-12-22(23(27)14-18)25(31)29-20-9-7-19(8-10-20)28-24(30)15-32-21-11-5-16-3-1-2-4-17(16)13-21/h1-14H,15H2,(H,28,30)(H,29,31). The third-order valence-electron chi connectivity index (χ3n) is 4.69. The molecule has 0 saturated carbocycles. The van der Waals surface area contributed by atoms with E-state index >= 15 is 0 Å². The Balaban J connectivity index is 1.31. The van der Waals surface area contributed by atoms with Crippen LogP contribution in [0.15, 0.2) is 84.9 Å². The molecule has 0 saturated heterocycles. The van der Waals surface area contributed by atoms with Crippen LogP contribution in [0.2, 0.25) is 10.0 Å². The maximum atomic E-state index is 12.4. The minimum Gasteiger partial charge on any atom is -0.484 e. The van der Waals surface area contributed by atoms with Crippen molar-refractivity contribution in [1.82, 2.24) is 0 Å². The zero-order valence-corrected chi connectivity index (χ0v) is 18.3. The summed E-state index contributed by atoms with van der Waals surface area (Å²) in [5.74, 6) is -0.0205. The lowest BCUT2D eigenvalue weighted by Gasteiger charge is -2.10. The molecule has 4 aromatic carbocycles. The molecular weight excluding hydrogens is 447 g/mol. The van der Waals surface area contributed by atoms with Crippen molar-refractivity contribution in [3.8, 4) is 5.75 Å². The van der Waals surface area contributed by atoms with Crippen molar-refractivity contribution in [1.29, 1.82) is 0 Å². The number of ether oxygens (including phenoxy) is 1. The third kappa shape index (κ3) is 5.38. The first-order valence-electron chi connectivity index (χ1n) is 9.76. The second-order valence-corrected chi connectivity index (χ2v) is 7.85. The van der Waals surface area contributed by atoms with E-state index in [1.54, 1.807) is 36.4 Å². The van der Waals surface area contributed by atoms with E-state index in [2.05, 4.69) is 10.6 Å². The molecule has 2 N–H and O–H groups in total. The summed E-state index contributed by atoms with van der Waals surface area (Å²) in [5, 5.41) is 8.40. The first-order valence-corrected chi connectivity index (χ1v) is 10.5.